The standard InChI is InChI=1S/C16H11BrN2O3S/c17-10-2-4-11(5-3-10)18-16-19-15(22)14(23-16)8-9-1-6-12(20)13(21)7-9/h1-8,20-21H,(H,18,19,22)/b14-8-. The summed E-state index contributed by atoms with van der Waals surface area (Å²) in [4.78, 5) is 16.8. The summed E-state index contributed by atoms with van der Waals surface area (Å²) in [6, 6.07) is 11.8. The molecule has 2 aromatic rings. The lowest BCUT2D eigenvalue weighted by atomic mass is 10.2. The van der Waals surface area contributed by atoms with E-state index >= 15 is 0 Å². The minimum Gasteiger partial charge on any atom is -0.504 e. The van der Waals surface area contributed by atoms with Gasteiger partial charge in [-0.15, -0.1) is 0 Å². The molecule has 23 heavy (non-hydrogen) atoms. The quantitative estimate of drug-likeness (QED) is 0.538. The summed E-state index contributed by atoms with van der Waals surface area (Å²) < 4.78 is 0.956. The Labute approximate surface area is 144 Å². The summed E-state index contributed by atoms with van der Waals surface area (Å²) in [7, 11) is 0. The zero-order valence-electron chi connectivity index (χ0n) is 11.7. The molecule has 1 aliphatic rings. The number of aliphatic imine (C=N–C) groups is 1. The molecule has 1 heterocycles. The first-order valence-electron chi connectivity index (χ1n) is 6.58. The van der Waals surface area contributed by atoms with Gasteiger partial charge in [-0.25, -0.2) is 4.99 Å². The average molecular weight is 391 g/mol. The number of halogens is 1. The summed E-state index contributed by atoms with van der Waals surface area (Å²) >= 11 is 4.57. The molecule has 116 valence electrons. The van der Waals surface area contributed by atoms with Crippen LogP contribution in [0.1, 0.15) is 5.56 Å². The van der Waals surface area contributed by atoms with Crippen molar-refractivity contribution in [3.8, 4) is 11.5 Å². The van der Waals surface area contributed by atoms with Crippen molar-refractivity contribution >= 4 is 50.5 Å². The van der Waals surface area contributed by atoms with E-state index < -0.39 is 0 Å². The number of aromatic hydroxyl groups is 2. The highest BCUT2D eigenvalue weighted by Crippen LogP contribution is 2.31. The fourth-order valence-corrected chi connectivity index (χ4v) is 3.00. The molecule has 0 radical (unpaired) electrons. The van der Waals surface area contributed by atoms with Crippen LogP contribution >= 0.6 is 27.7 Å². The van der Waals surface area contributed by atoms with Gasteiger partial charge >= 0.3 is 0 Å². The van der Waals surface area contributed by atoms with Gasteiger partial charge in [0.1, 0.15) is 0 Å². The number of carbonyl (C=O) groups is 1. The molecule has 0 saturated carbocycles. The van der Waals surface area contributed by atoms with Gasteiger partial charge in [0, 0.05) is 4.47 Å². The number of amides is 1. The monoisotopic (exact) mass is 390 g/mol. The van der Waals surface area contributed by atoms with Gasteiger partial charge < -0.3 is 15.5 Å². The molecule has 0 spiro atoms. The molecule has 3 rings (SSSR count). The van der Waals surface area contributed by atoms with Crippen molar-refractivity contribution in [2.24, 2.45) is 4.99 Å². The molecule has 1 amide bonds. The van der Waals surface area contributed by atoms with Gasteiger partial charge in [0.15, 0.2) is 16.7 Å². The van der Waals surface area contributed by atoms with Crippen LogP contribution in [0.15, 0.2) is 56.8 Å². The van der Waals surface area contributed by atoms with Crippen molar-refractivity contribution in [1.29, 1.82) is 0 Å². The summed E-state index contributed by atoms with van der Waals surface area (Å²) in [6.07, 6.45) is 1.63. The maximum atomic E-state index is 12.0. The molecule has 1 aliphatic heterocycles. The zero-order valence-corrected chi connectivity index (χ0v) is 14.1. The molecule has 7 heteroatoms. The van der Waals surface area contributed by atoms with E-state index in [4.69, 9.17) is 0 Å². The van der Waals surface area contributed by atoms with Crippen LogP contribution in [0.2, 0.25) is 0 Å². The maximum absolute atomic E-state index is 12.0. The van der Waals surface area contributed by atoms with E-state index in [0.717, 1.165) is 10.2 Å². The van der Waals surface area contributed by atoms with Crippen LogP contribution in [0.3, 0.4) is 0 Å². The molecule has 0 unspecified atom stereocenters. The Bertz CT molecular complexity index is 832. The molecule has 0 bridgehead atoms. The molecule has 2 aromatic carbocycles. The Balaban J connectivity index is 1.83. The van der Waals surface area contributed by atoms with Crippen LogP contribution in [0.5, 0.6) is 11.5 Å². The predicted octanol–water partition coefficient (Wildman–Crippen LogP) is 3.75. The van der Waals surface area contributed by atoms with E-state index in [2.05, 4.69) is 26.2 Å². The van der Waals surface area contributed by atoms with Crippen molar-refractivity contribution in [2.45, 2.75) is 0 Å². The topological polar surface area (TPSA) is 81.9 Å². The van der Waals surface area contributed by atoms with Crippen molar-refractivity contribution in [1.82, 2.24) is 5.32 Å². The lowest BCUT2D eigenvalue weighted by Gasteiger charge is -1.99. The lowest BCUT2D eigenvalue weighted by Crippen LogP contribution is -2.19. The first-order chi connectivity index (χ1) is 11.0. The number of hydrogen-bond donors (Lipinski definition) is 3. The molecule has 0 aliphatic carbocycles. The van der Waals surface area contributed by atoms with Crippen molar-refractivity contribution < 1.29 is 15.0 Å². The SMILES string of the molecule is O=C1NC(=Nc2ccc(Br)cc2)S/C1=C\c1ccc(O)c(O)c1. The van der Waals surface area contributed by atoms with Crippen LogP contribution in [-0.2, 0) is 4.79 Å². The highest BCUT2D eigenvalue weighted by Gasteiger charge is 2.23. The second-order valence-electron chi connectivity index (χ2n) is 4.71. The molecule has 0 aromatic heterocycles. The van der Waals surface area contributed by atoms with Gasteiger partial charge in [-0.2, -0.15) is 0 Å². The number of phenols is 2. The van der Waals surface area contributed by atoms with Crippen LogP contribution in [-0.4, -0.2) is 21.3 Å². The minimum absolute atomic E-state index is 0.201. The van der Waals surface area contributed by atoms with Gasteiger partial charge in [0.2, 0.25) is 0 Å². The van der Waals surface area contributed by atoms with Gasteiger partial charge in [0.25, 0.3) is 5.91 Å². The third kappa shape index (κ3) is 3.75. The van der Waals surface area contributed by atoms with E-state index in [9.17, 15) is 15.0 Å². The number of rotatable bonds is 2. The van der Waals surface area contributed by atoms with E-state index in [1.165, 1.54) is 23.9 Å². The number of hydrogen-bond acceptors (Lipinski definition) is 5. The first kappa shape index (κ1) is 15.6. The molecule has 3 N–H and O–H groups in total. The van der Waals surface area contributed by atoms with Crippen LogP contribution in [0.4, 0.5) is 5.69 Å². The lowest BCUT2D eigenvalue weighted by molar-refractivity contribution is -0.115. The number of nitrogens with zero attached hydrogens (tertiary/aromatic N) is 1. The molecule has 1 saturated heterocycles. The summed E-state index contributed by atoms with van der Waals surface area (Å²) in [5, 5.41) is 22.0. The summed E-state index contributed by atoms with van der Waals surface area (Å²) in [5.74, 6) is -0.682. The second kappa shape index (κ2) is 6.47. The van der Waals surface area contributed by atoms with Crippen molar-refractivity contribution in [3.05, 3.63) is 57.4 Å². The van der Waals surface area contributed by atoms with Crippen LogP contribution in [0, 0.1) is 0 Å². The Morgan fingerprint density at radius 3 is 2.52 bits per heavy atom. The number of nitrogens with one attached hydrogen (secondary N) is 1. The zero-order chi connectivity index (χ0) is 16.4. The third-order valence-electron chi connectivity index (χ3n) is 3.01. The fourth-order valence-electron chi connectivity index (χ4n) is 1.90. The number of amidine groups is 1. The third-order valence-corrected chi connectivity index (χ3v) is 4.44. The fraction of sp³-hybridized carbons (Fsp3) is 0. The highest BCUT2D eigenvalue weighted by molar-refractivity contribution is 9.10. The number of phenolic OH excluding ortho intramolecular Hbond substituents is 2. The molecular weight excluding hydrogens is 380 g/mol. The smallest absolute Gasteiger partial charge is 0.264 e. The Hall–Kier alpha value is -2.25. The van der Waals surface area contributed by atoms with Gasteiger partial charge in [-0.1, -0.05) is 22.0 Å². The maximum Gasteiger partial charge on any atom is 0.264 e. The van der Waals surface area contributed by atoms with Gasteiger partial charge in [0.05, 0.1) is 10.6 Å². The number of carbonyl (C=O) groups excluding carboxylic acids is 1. The van der Waals surface area contributed by atoms with E-state index in [-0.39, 0.29) is 17.4 Å². The average Bonchev–Trinajstić information content (AvgIpc) is 2.85. The predicted molar refractivity (Wildman–Crippen MR) is 94.7 cm³/mol. The van der Waals surface area contributed by atoms with Crippen LogP contribution in [0.25, 0.3) is 6.08 Å². The summed E-state index contributed by atoms with van der Waals surface area (Å²) in [5.41, 5.74) is 1.35. The Kier molecular flexibility index (Phi) is 4.40. The number of thioether (sulfide) groups is 1. The molecule has 1 fully saturated rings. The molecule has 0 atom stereocenters. The Morgan fingerprint density at radius 2 is 1.83 bits per heavy atom. The molecular formula is C16H11BrN2O3S. The van der Waals surface area contributed by atoms with Crippen molar-refractivity contribution in [3.63, 3.8) is 0 Å². The van der Waals surface area contributed by atoms with E-state index in [0.29, 0.717) is 15.6 Å². The second-order valence-corrected chi connectivity index (χ2v) is 6.65. The minimum atomic E-state index is -0.251. The van der Waals surface area contributed by atoms with Gasteiger partial charge in [-0.3, -0.25) is 4.79 Å². The van der Waals surface area contributed by atoms with Crippen LogP contribution < -0.4 is 5.32 Å². The summed E-state index contributed by atoms with van der Waals surface area (Å²) in [6.45, 7) is 0. The van der Waals surface area contributed by atoms with E-state index in [1.807, 2.05) is 24.3 Å². The first-order valence-corrected chi connectivity index (χ1v) is 8.19. The van der Waals surface area contributed by atoms with E-state index in [1.54, 1.807) is 12.1 Å². The van der Waals surface area contributed by atoms with Gasteiger partial charge in [-0.05, 0) is 59.8 Å². The number of benzene rings is 2. The largest absolute Gasteiger partial charge is 0.504 e. The highest BCUT2D eigenvalue weighted by atomic mass is 79.9. The van der Waals surface area contributed by atoms with Crippen molar-refractivity contribution in [2.75, 3.05) is 0 Å². The molecule has 5 nitrogen and oxygen atoms in total. The normalized spacial score (nSPS) is 17.7. The Morgan fingerprint density at radius 1 is 1.09 bits per heavy atom.